The third-order valence-corrected chi connectivity index (χ3v) is 3.22. The molecular formula is C14H18F2N2O3. The van der Waals surface area contributed by atoms with Crippen LogP contribution in [0.3, 0.4) is 0 Å². The van der Waals surface area contributed by atoms with Crippen molar-refractivity contribution in [3.8, 4) is 5.75 Å². The second kappa shape index (κ2) is 7.33. The molecule has 0 saturated carbocycles. The molecule has 0 bridgehead atoms. The highest BCUT2D eigenvalue weighted by molar-refractivity contribution is 5.81. The van der Waals surface area contributed by atoms with Crippen LogP contribution >= 0.6 is 0 Å². The molecule has 0 aliphatic carbocycles. The van der Waals surface area contributed by atoms with E-state index in [1.807, 2.05) is 0 Å². The molecule has 0 unspecified atom stereocenters. The minimum absolute atomic E-state index is 0.0563. The molecule has 21 heavy (non-hydrogen) atoms. The predicted octanol–water partition coefficient (Wildman–Crippen LogP) is 0.966. The van der Waals surface area contributed by atoms with Crippen LogP contribution in [0.15, 0.2) is 18.2 Å². The number of nitrogens with one attached hydrogen (secondary N) is 1. The molecule has 1 aliphatic rings. The summed E-state index contributed by atoms with van der Waals surface area (Å²) in [7, 11) is 0. The average molecular weight is 300 g/mol. The Morgan fingerprint density at radius 3 is 2.86 bits per heavy atom. The molecule has 5 nitrogen and oxygen atoms in total. The van der Waals surface area contributed by atoms with Gasteiger partial charge in [-0.05, 0) is 25.0 Å². The lowest BCUT2D eigenvalue weighted by Crippen LogP contribution is -2.37. The van der Waals surface area contributed by atoms with Crippen LogP contribution in [0.2, 0.25) is 0 Å². The molecular weight excluding hydrogens is 282 g/mol. The lowest BCUT2D eigenvalue weighted by molar-refractivity contribution is -0.131. The molecule has 1 fully saturated rings. The third-order valence-electron chi connectivity index (χ3n) is 3.22. The van der Waals surface area contributed by atoms with Gasteiger partial charge < -0.3 is 20.5 Å². The van der Waals surface area contributed by atoms with Gasteiger partial charge in [-0.2, -0.15) is 0 Å². The Kier molecular flexibility index (Phi) is 5.46. The van der Waals surface area contributed by atoms with Gasteiger partial charge in [0.15, 0.2) is 11.6 Å². The Balaban J connectivity index is 1.67. The van der Waals surface area contributed by atoms with Crippen molar-refractivity contribution >= 4 is 5.91 Å². The first kappa shape index (κ1) is 15.7. The third kappa shape index (κ3) is 4.37. The van der Waals surface area contributed by atoms with Crippen LogP contribution in [0, 0.1) is 11.6 Å². The predicted molar refractivity (Wildman–Crippen MR) is 71.8 cm³/mol. The maximum Gasteiger partial charge on any atom is 0.249 e. The molecule has 1 aromatic rings. The van der Waals surface area contributed by atoms with Crippen LogP contribution in [0.4, 0.5) is 8.78 Å². The monoisotopic (exact) mass is 300 g/mol. The Morgan fingerprint density at radius 1 is 1.38 bits per heavy atom. The van der Waals surface area contributed by atoms with Crippen LogP contribution < -0.4 is 15.8 Å². The van der Waals surface area contributed by atoms with E-state index in [0.717, 1.165) is 18.6 Å². The smallest absolute Gasteiger partial charge is 0.249 e. The Labute approximate surface area is 121 Å². The van der Waals surface area contributed by atoms with Gasteiger partial charge in [-0.3, -0.25) is 4.79 Å². The van der Waals surface area contributed by atoms with Crippen LogP contribution in [-0.2, 0) is 9.53 Å². The topological polar surface area (TPSA) is 73.6 Å². The van der Waals surface area contributed by atoms with E-state index in [1.165, 1.54) is 6.07 Å². The highest BCUT2D eigenvalue weighted by Crippen LogP contribution is 2.18. The number of carbonyl (C=O) groups is 1. The SMILES string of the molecule is NC[C@H]1CC[C@@H](C(=O)NCCOc2ccc(F)c(F)c2)O1. The van der Waals surface area contributed by atoms with Crippen molar-refractivity contribution in [3.05, 3.63) is 29.8 Å². The summed E-state index contributed by atoms with van der Waals surface area (Å²) in [6.45, 7) is 0.817. The highest BCUT2D eigenvalue weighted by atomic mass is 19.2. The maximum atomic E-state index is 12.9. The summed E-state index contributed by atoms with van der Waals surface area (Å²) in [6, 6.07) is 3.28. The van der Waals surface area contributed by atoms with Gasteiger partial charge in [-0.15, -0.1) is 0 Å². The number of hydrogen-bond acceptors (Lipinski definition) is 4. The average Bonchev–Trinajstić information content (AvgIpc) is 2.96. The second-order valence-corrected chi connectivity index (χ2v) is 4.78. The Hall–Kier alpha value is -1.73. The van der Waals surface area contributed by atoms with E-state index in [9.17, 15) is 13.6 Å². The summed E-state index contributed by atoms with van der Waals surface area (Å²) in [5.74, 6) is -1.89. The zero-order valence-electron chi connectivity index (χ0n) is 11.5. The van der Waals surface area contributed by atoms with Gasteiger partial charge in [0.05, 0.1) is 12.6 Å². The van der Waals surface area contributed by atoms with Crippen LogP contribution in [0.25, 0.3) is 0 Å². The molecule has 0 radical (unpaired) electrons. The largest absolute Gasteiger partial charge is 0.492 e. The molecule has 2 atom stereocenters. The normalized spacial score (nSPS) is 21.3. The first-order chi connectivity index (χ1) is 10.1. The fourth-order valence-corrected chi connectivity index (χ4v) is 2.10. The summed E-state index contributed by atoms with van der Waals surface area (Å²) in [6.07, 6.45) is 0.901. The van der Waals surface area contributed by atoms with Crippen molar-refractivity contribution in [1.29, 1.82) is 0 Å². The number of ether oxygens (including phenoxy) is 2. The van der Waals surface area contributed by atoms with Gasteiger partial charge in [-0.1, -0.05) is 0 Å². The van der Waals surface area contributed by atoms with Gasteiger partial charge in [0.1, 0.15) is 18.5 Å². The minimum atomic E-state index is -0.969. The molecule has 2 rings (SSSR count). The number of hydrogen-bond donors (Lipinski definition) is 2. The molecule has 3 N–H and O–H groups in total. The lowest BCUT2D eigenvalue weighted by Gasteiger charge is -2.13. The molecule has 0 spiro atoms. The van der Waals surface area contributed by atoms with Gasteiger partial charge in [0.2, 0.25) is 5.91 Å². The van der Waals surface area contributed by atoms with Crippen LogP contribution in [0.1, 0.15) is 12.8 Å². The number of nitrogens with two attached hydrogens (primary N) is 1. The zero-order valence-corrected chi connectivity index (χ0v) is 11.5. The standard InChI is InChI=1S/C14H18F2N2O3/c15-11-3-1-9(7-12(11)16)20-6-5-18-14(19)13-4-2-10(8-17)21-13/h1,3,7,10,13H,2,4-6,8,17H2,(H,18,19)/t10-,13+/m1/s1. The molecule has 1 saturated heterocycles. The highest BCUT2D eigenvalue weighted by Gasteiger charge is 2.29. The molecule has 7 heteroatoms. The molecule has 1 heterocycles. The first-order valence-corrected chi connectivity index (χ1v) is 6.81. The quantitative estimate of drug-likeness (QED) is 0.768. The van der Waals surface area contributed by atoms with E-state index in [0.29, 0.717) is 13.0 Å². The number of amides is 1. The fourth-order valence-electron chi connectivity index (χ4n) is 2.10. The van der Waals surface area contributed by atoms with Crippen molar-refractivity contribution in [2.24, 2.45) is 5.73 Å². The number of rotatable bonds is 6. The van der Waals surface area contributed by atoms with Gasteiger partial charge in [-0.25, -0.2) is 8.78 Å². The van der Waals surface area contributed by atoms with E-state index in [-0.39, 0.29) is 30.9 Å². The van der Waals surface area contributed by atoms with E-state index in [4.69, 9.17) is 15.2 Å². The molecule has 0 aromatic heterocycles. The molecule has 1 amide bonds. The summed E-state index contributed by atoms with van der Waals surface area (Å²) >= 11 is 0. The summed E-state index contributed by atoms with van der Waals surface area (Å²) in [4.78, 5) is 11.8. The van der Waals surface area contributed by atoms with Crippen molar-refractivity contribution in [3.63, 3.8) is 0 Å². The van der Waals surface area contributed by atoms with Crippen molar-refractivity contribution in [1.82, 2.24) is 5.32 Å². The van der Waals surface area contributed by atoms with Crippen molar-refractivity contribution in [2.45, 2.75) is 25.0 Å². The summed E-state index contributed by atoms with van der Waals surface area (Å²) < 4.78 is 36.3. The fraction of sp³-hybridized carbons (Fsp3) is 0.500. The zero-order chi connectivity index (χ0) is 15.2. The van der Waals surface area contributed by atoms with Gasteiger partial charge in [0, 0.05) is 12.6 Å². The van der Waals surface area contributed by atoms with E-state index < -0.39 is 17.7 Å². The summed E-state index contributed by atoms with van der Waals surface area (Å²) in [5, 5.41) is 2.67. The number of benzene rings is 1. The van der Waals surface area contributed by atoms with E-state index in [2.05, 4.69) is 5.32 Å². The van der Waals surface area contributed by atoms with Crippen LogP contribution in [0.5, 0.6) is 5.75 Å². The minimum Gasteiger partial charge on any atom is -0.492 e. The molecule has 1 aromatic carbocycles. The van der Waals surface area contributed by atoms with Gasteiger partial charge >= 0.3 is 0 Å². The maximum absolute atomic E-state index is 12.9. The second-order valence-electron chi connectivity index (χ2n) is 4.78. The van der Waals surface area contributed by atoms with Gasteiger partial charge in [0.25, 0.3) is 0 Å². The molecule has 1 aliphatic heterocycles. The Bertz CT molecular complexity index is 499. The van der Waals surface area contributed by atoms with Crippen molar-refractivity contribution < 1.29 is 23.0 Å². The number of carbonyl (C=O) groups excluding carboxylic acids is 1. The molecule has 116 valence electrons. The first-order valence-electron chi connectivity index (χ1n) is 6.81. The number of halogens is 2. The van der Waals surface area contributed by atoms with Crippen molar-refractivity contribution in [2.75, 3.05) is 19.7 Å². The van der Waals surface area contributed by atoms with Crippen LogP contribution in [-0.4, -0.2) is 37.8 Å². The Morgan fingerprint density at radius 2 is 2.19 bits per heavy atom. The van der Waals surface area contributed by atoms with E-state index in [1.54, 1.807) is 0 Å². The summed E-state index contributed by atoms with van der Waals surface area (Å²) in [5.41, 5.74) is 5.47. The lowest BCUT2D eigenvalue weighted by atomic mass is 10.2. The van der Waals surface area contributed by atoms with E-state index >= 15 is 0 Å².